The van der Waals surface area contributed by atoms with Crippen LogP contribution in [0.3, 0.4) is 0 Å². The highest BCUT2D eigenvalue weighted by atomic mass is 127. The van der Waals surface area contributed by atoms with Crippen molar-refractivity contribution in [1.29, 1.82) is 0 Å². The molecule has 1 fully saturated rings. The fourth-order valence-electron chi connectivity index (χ4n) is 3.57. The maximum absolute atomic E-state index is 12.1. The number of nitrogens with zero attached hydrogens (tertiary/aromatic N) is 1. The van der Waals surface area contributed by atoms with Crippen LogP contribution in [0.5, 0.6) is 0 Å². The maximum Gasteiger partial charge on any atom is 0.221 e. The third-order valence-electron chi connectivity index (χ3n) is 5.67. The van der Waals surface area contributed by atoms with Gasteiger partial charge in [0.15, 0.2) is 5.96 Å². The lowest BCUT2D eigenvalue weighted by Crippen LogP contribution is -2.42. The SMILES string of the molecule is CCNC(=NCC(CC)(CC)CCO)NCCC(=O)NC1CCCCC1.I. The third kappa shape index (κ3) is 10.5. The van der Waals surface area contributed by atoms with Crippen LogP contribution >= 0.6 is 24.0 Å². The number of aliphatic hydroxyl groups is 1. The van der Waals surface area contributed by atoms with Crippen LogP contribution in [-0.4, -0.2) is 49.3 Å². The Morgan fingerprint density at radius 1 is 1.11 bits per heavy atom. The Morgan fingerprint density at radius 2 is 1.78 bits per heavy atom. The molecule has 0 aliphatic heterocycles. The standard InChI is InChI=1S/C20H40N4O2.HI/c1-4-20(5-2,13-15-25)16-23-19(21-6-3)22-14-12-18(26)24-17-10-8-7-9-11-17;/h17,25H,4-16H2,1-3H3,(H,24,26)(H2,21,22,23);1H. The minimum absolute atomic E-state index is 0. The van der Waals surface area contributed by atoms with E-state index in [-0.39, 0.29) is 41.9 Å². The number of carbonyl (C=O) groups excluding carboxylic acids is 1. The first kappa shape index (κ1) is 26.4. The van der Waals surface area contributed by atoms with Crippen LogP contribution in [-0.2, 0) is 4.79 Å². The first-order chi connectivity index (χ1) is 12.6. The van der Waals surface area contributed by atoms with Crippen molar-refractivity contribution in [3.05, 3.63) is 0 Å². The Kier molecular flexibility index (Phi) is 15.0. The average Bonchev–Trinajstić information content (AvgIpc) is 2.66. The second kappa shape index (κ2) is 15.4. The third-order valence-corrected chi connectivity index (χ3v) is 5.67. The molecule has 6 nitrogen and oxygen atoms in total. The molecule has 0 unspecified atom stereocenters. The number of hydrogen-bond donors (Lipinski definition) is 4. The van der Waals surface area contributed by atoms with E-state index in [0.717, 1.165) is 44.6 Å². The Labute approximate surface area is 182 Å². The minimum atomic E-state index is 0. The van der Waals surface area contributed by atoms with Crippen molar-refractivity contribution < 1.29 is 9.90 Å². The fourth-order valence-corrected chi connectivity index (χ4v) is 3.57. The Hall–Kier alpha value is -0.570. The van der Waals surface area contributed by atoms with E-state index in [0.29, 0.717) is 25.6 Å². The van der Waals surface area contributed by atoms with Crippen molar-refractivity contribution in [1.82, 2.24) is 16.0 Å². The lowest BCUT2D eigenvalue weighted by molar-refractivity contribution is -0.121. The van der Waals surface area contributed by atoms with Crippen LogP contribution in [0.4, 0.5) is 0 Å². The number of carbonyl (C=O) groups is 1. The molecule has 0 spiro atoms. The fraction of sp³-hybridized carbons (Fsp3) is 0.900. The first-order valence-corrected chi connectivity index (χ1v) is 10.5. The average molecular weight is 496 g/mol. The zero-order valence-electron chi connectivity index (χ0n) is 17.5. The zero-order valence-corrected chi connectivity index (χ0v) is 19.8. The lowest BCUT2D eigenvalue weighted by Gasteiger charge is -2.29. The van der Waals surface area contributed by atoms with E-state index in [1.54, 1.807) is 0 Å². The Morgan fingerprint density at radius 3 is 2.33 bits per heavy atom. The highest BCUT2D eigenvalue weighted by Crippen LogP contribution is 2.30. The van der Waals surface area contributed by atoms with Gasteiger partial charge in [-0.15, -0.1) is 24.0 Å². The van der Waals surface area contributed by atoms with E-state index in [4.69, 9.17) is 4.99 Å². The van der Waals surface area contributed by atoms with Gasteiger partial charge in [-0.3, -0.25) is 9.79 Å². The van der Waals surface area contributed by atoms with E-state index < -0.39 is 0 Å². The number of nitrogens with one attached hydrogen (secondary N) is 3. The smallest absolute Gasteiger partial charge is 0.221 e. The summed E-state index contributed by atoms with van der Waals surface area (Å²) in [5, 5.41) is 19.0. The van der Waals surface area contributed by atoms with Crippen molar-refractivity contribution in [3.63, 3.8) is 0 Å². The van der Waals surface area contributed by atoms with Crippen molar-refractivity contribution in [2.45, 2.75) is 84.6 Å². The molecule has 1 aliphatic rings. The highest BCUT2D eigenvalue weighted by molar-refractivity contribution is 14.0. The summed E-state index contributed by atoms with van der Waals surface area (Å²) in [6.07, 6.45) is 9.21. The summed E-state index contributed by atoms with van der Waals surface area (Å²) in [7, 11) is 0. The van der Waals surface area contributed by atoms with Gasteiger partial charge in [-0.25, -0.2) is 0 Å². The van der Waals surface area contributed by atoms with Gasteiger partial charge in [-0.05, 0) is 44.4 Å². The molecule has 0 saturated heterocycles. The van der Waals surface area contributed by atoms with Gasteiger partial charge in [-0.2, -0.15) is 0 Å². The van der Waals surface area contributed by atoms with Crippen LogP contribution < -0.4 is 16.0 Å². The summed E-state index contributed by atoms with van der Waals surface area (Å²) in [4.78, 5) is 16.8. The molecule has 0 atom stereocenters. The van der Waals surface area contributed by atoms with Gasteiger partial charge in [0.05, 0.1) is 0 Å². The molecule has 0 aromatic carbocycles. The van der Waals surface area contributed by atoms with Crippen LogP contribution in [0.1, 0.15) is 78.6 Å². The number of aliphatic hydroxyl groups excluding tert-OH is 1. The summed E-state index contributed by atoms with van der Waals surface area (Å²) in [6, 6.07) is 0.367. The summed E-state index contributed by atoms with van der Waals surface area (Å²) < 4.78 is 0. The Balaban J connectivity index is 0.00000676. The van der Waals surface area contributed by atoms with Gasteiger partial charge in [-0.1, -0.05) is 33.1 Å². The maximum atomic E-state index is 12.1. The summed E-state index contributed by atoms with van der Waals surface area (Å²) >= 11 is 0. The van der Waals surface area contributed by atoms with Gasteiger partial charge in [0.2, 0.25) is 5.91 Å². The summed E-state index contributed by atoms with van der Waals surface area (Å²) in [6.45, 7) is 8.59. The van der Waals surface area contributed by atoms with Gasteiger partial charge >= 0.3 is 0 Å². The minimum Gasteiger partial charge on any atom is -0.396 e. The van der Waals surface area contributed by atoms with E-state index in [1.165, 1.54) is 19.3 Å². The molecule has 0 radical (unpaired) electrons. The summed E-state index contributed by atoms with van der Waals surface area (Å²) in [5.41, 5.74) is 0.0511. The van der Waals surface area contributed by atoms with Crippen molar-refractivity contribution in [2.75, 3.05) is 26.2 Å². The zero-order chi connectivity index (χ0) is 19.3. The Bertz CT molecular complexity index is 422. The predicted octanol–water partition coefficient (Wildman–Crippen LogP) is 3.19. The molecule has 160 valence electrons. The molecule has 0 aromatic heterocycles. The van der Waals surface area contributed by atoms with Crippen LogP contribution in [0, 0.1) is 5.41 Å². The molecule has 1 saturated carbocycles. The van der Waals surface area contributed by atoms with Gasteiger partial charge in [0.1, 0.15) is 0 Å². The van der Waals surface area contributed by atoms with Crippen molar-refractivity contribution in [2.24, 2.45) is 10.4 Å². The number of halogens is 1. The first-order valence-electron chi connectivity index (χ1n) is 10.5. The summed E-state index contributed by atoms with van der Waals surface area (Å²) in [5.74, 6) is 0.874. The quantitative estimate of drug-likeness (QED) is 0.201. The normalized spacial score (nSPS) is 15.8. The second-order valence-electron chi connectivity index (χ2n) is 7.46. The molecule has 0 aromatic rings. The topological polar surface area (TPSA) is 85.8 Å². The molecule has 0 heterocycles. The molecule has 4 N–H and O–H groups in total. The van der Waals surface area contributed by atoms with E-state index in [9.17, 15) is 9.90 Å². The number of guanidine groups is 1. The molecule has 1 rings (SSSR count). The number of aliphatic imine (C=N–C) groups is 1. The van der Waals surface area contributed by atoms with Crippen molar-refractivity contribution in [3.8, 4) is 0 Å². The predicted molar refractivity (Wildman–Crippen MR) is 124 cm³/mol. The van der Waals surface area contributed by atoms with Crippen molar-refractivity contribution >= 4 is 35.8 Å². The molecular weight excluding hydrogens is 455 g/mol. The van der Waals surface area contributed by atoms with E-state index in [1.807, 2.05) is 6.92 Å². The number of hydrogen-bond acceptors (Lipinski definition) is 3. The molecule has 0 bridgehead atoms. The van der Waals surface area contributed by atoms with Gasteiger partial charge < -0.3 is 21.1 Å². The van der Waals surface area contributed by atoms with Crippen LogP contribution in [0.25, 0.3) is 0 Å². The number of rotatable bonds is 11. The molecule has 7 heteroatoms. The highest BCUT2D eigenvalue weighted by Gasteiger charge is 2.25. The monoisotopic (exact) mass is 496 g/mol. The van der Waals surface area contributed by atoms with Gasteiger partial charge in [0.25, 0.3) is 0 Å². The lowest BCUT2D eigenvalue weighted by atomic mass is 9.79. The van der Waals surface area contributed by atoms with E-state index in [2.05, 4.69) is 29.8 Å². The van der Waals surface area contributed by atoms with Crippen LogP contribution in [0.15, 0.2) is 4.99 Å². The largest absolute Gasteiger partial charge is 0.396 e. The number of amides is 1. The molecule has 1 amide bonds. The molecule has 27 heavy (non-hydrogen) atoms. The van der Waals surface area contributed by atoms with E-state index >= 15 is 0 Å². The molecular formula is C20H41IN4O2. The second-order valence-corrected chi connectivity index (χ2v) is 7.46. The molecule has 1 aliphatic carbocycles. The van der Waals surface area contributed by atoms with Crippen LogP contribution in [0.2, 0.25) is 0 Å². The van der Waals surface area contributed by atoms with Gasteiger partial charge in [0, 0.05) is 38.7 Å².